The molecule has 57 heavy (non-hydrogen) atoms. The van der Waals surface area contributed by atoms with E-state index in [-0.39, 0.29) is 45.8 Å². The summed E-state index contributed by atoms with van der Waals surface area (Å²) in [5.41, 5.74) is -0.876. The van der Waals surface area contributed by atoms with E-state index >= 15 is 0 Å². The summed E-state index contributed by atoms with van der Waals surface area (Å²) in [7, 11) is 1.46. The van der Waals surface area contributed by atoms with Crippen LogP contribution in [0.15, 0.2) is 11.6 Å². The smallest absolute Gasteiger partial charge is 0.311 e. The van der Waals surface area contributed by atoms with E-state index in [2.05, 4.69) is 41.5 Å². The molecule has 7 N–H and O–H groups in total. The number of fused-ring (bicyclic) bond motifs is 7. The Hall–Kier alpha value is -1.56. The summed E-state index contributed by atoms with van der Waals surface area (Å²) in [4.78, 5) is 28.0. The minimum atomic E-state index is -1.77. The van der Waals surface area contributed by atoms with Crippen molar-refractivity contribution >= 4 is 11.8 Å². The summed E-state index contributed by atoms with van der Waals surface area (Å²) >= 11 is 0. The molecule has 0 aromatic heterocycles. The molecule has 7 rings (SSSR count). The van der Waals surface area contributed by atoms with E-state index in [1.165, 1.54) is 12.7 Å². The maximum atomic E-state index is 14.9. The quantitative estimate of drug-likeness (QED) is 0.145. The normalized spacial score (nSPS) is 53.4. The van der Waals surface area contributed by atoms with Crippen LogP contribution in [0.4, 0.5) is 0 Å². The average Bonchev–Trinajstić information content (AvgIpc) is 3.16. The number of methoxy groups -OCH3 is 1. The lowest BCUT2D eigenvalue weighted by atomic mass is 9.33. The van der Waals surface area contributed by atoms with E-state index in [1.54, 1.807) is 0 Å². The van der Waals surface area contributed by atoms with E-state index in [9.17, 15) is 45.3 Å². The van der Waals surface area contributed by atoms with Crippen molar-refractivity contribution in [2.24, 2.45) is 50.2 Å². The van der Waals surface area contributed by atoms with Crippen molar-refractivity contribution in [3.63, 3.8) is 0 Å². The number of ether oxygens (including phenoxy) is 5. The largest absolute Gasteiger partial charge is 0.469 e. The minimum absolute atomic E-state index is 0.00502. The van der Waals surface area contributed by atoms with Gasteiger partial charge in [0.1, 0.15) is 48.8 Å². The van der Waals surface area contributed by atoms with Crippen LogP contribution in [0, 0.1) is 50.2 Å². The Bertz CT molecular complexity index is 1580. The van der Waals surface area contributed by atoms with Crippen molar-refractivity contribution in [2.45, 2.75) is 174 Å². The molecular formula is C43H68O14. The highest BCUT2D eigenvalue weighted by Gasteiger charge is 2.71. The molecule has 2 aliphatic heterocycles. The Morgan fingerprint density at radius 3 is 2.00 bits per heavy atom. The molecule has 0 aromatic carbocycles. The lowest BCUT2D eigenvalue weighted by Crippen LogP contribution is -2.68. The van der Waals surface area contributed by atoms with Crippen molar-refractivity contribution in [3.8, 4) is 0 Å². The fourth-order valence-electron chi connectivity index (χ4n) is 13.6. The van der Waals surface area contributed by atoms with Crippen molar-refractivity contribution in [2.75, 3.05) is 20.3 Å². The Morgan fingerprint density at radius 2 is 1.37 bits per heavy atom. The molecule has 0 spiro atoms. The SMILES string of the molecule is COC(=O)[C@@]1(C)CC[C@]2(C)CC[C@]3(C)C(=CC(=O)[C@H]4[C@@]5(C)CC[C@@H](O[C@H]6O[C@@H](CO)[C@H](O)[C@@H](O)[C@@H]6O[C@@H]6O[C@@H](CO)[C@H](O)[C@@H](O)[C@@H]6O)C(C)(C)[C@@H]5CC[C@]43C)[C@@H]2C1. The van der Waals surface area contributed by atoms with Gasteiger partial charge in [0.2, 0.25) is 0 Å². The molecule has 5 aliphatic carbocycles. The summed E-state index contributed by atoms with van der Waals surface area (Å²) in [6.07, 6.45) is -6.64. The van der Waals surface area contributed by atoms with Gasteiger partial charge >= 0.3 is 5.97 Å². The molecule has 0 aromatic rings. The van der Waals surface area contributed by atoms with Crippen LogP contribution < -0.4 is 0 Å². The van der Waals surface area contributed by atoms with E-state index in [0.29, 0.717) is 19.3 Å². The Morgan fingerprint density at radius 1 is 0.754 bits per heavy atom. The number of ketones is 1. The van der Waals surface area contributed by atoms with Gasteiger partial charge in [-0.25, -0.2) is 0 Å². The molecule has 19 atom stereocenters. The first-order valence-corrected chi connectivity index (χ1v) is 21.1. The molecule has 0 amide bonds. The monoisotopic (exact) mass is 808 g/mol. The third kappa shape index (κ3) is 6.44. The third-order valence-corrected chi connectivity index (χ3v) is 17.5. The highest BCUT2D eigenvalue weighted by Crippen LogP contribution is 2.75. The van der Waals surface area contributed by atoms with Gasteiger partial charge in [-0.2, -0.15) is 0 Å². The molecule has 2 heterocycles. The number of aliphatic hydroxyl groups is 7. The third-order valence-electron chi connectivity index (χ3n) is 17.5. The van der Waals surface area contributed by atoms with Gasteiger partial charge in [0.05, 0.1) is 31.8 Å². The molecule has 4 saturated carbocycles. The van der Waals surface area contributed by atoms with E-state index < -0.39 is 97.0 Å². The van der Waals surface area contributed by atoms with Crippen LogP contribution in [0.5, 0.6) is 0 Å². The highest BCUT2D eigenvalue weighted by molar-refractivity contribution is 5.95. The van der Waals surface area contributed by atoms with E-state index in [0.717, 1.165) is 38.5 Å². The Balaban J connectivity index is 1.16. The molecule has 14 nitrogen and oxygen atoms in total. The van der Waals surface area contributed by atoms with Gasteiger partial charge in [0, 0.05) is 5.92 Å². The summed E-state index contributed by atoms with van der Waals surface area (Å²) in [5, 5.41) is 73.4. The Kier molecular flexibility index (Phi) is 11.3. The molecule has 0 radical (unpaired) electrons. The predicted molar refractivity (Wildman–Crippen MR) is 203 cm³/mol. The minimum Gasteiger partial charge on any atom is -0.469 e. The number of esters is 1. The first kappa shape index (κ1) is 43.5. The van der Waals surface area contributed by atoms with Gasteiger partial charge in [-0.1, -0.05) is 47.1 Å². The number of carbonyl (C=O) groups excluding carboxylic acids is 2. The molecule has 2 saturated heterocycles. The van der Waals surface area contributed by atoms with Gasteiger partial charge < -0.3 is 59.4 Å². The fraction of sp³-hybridized carbons (Fsp3) is 0.907. The zero-order valence-corrected chi connectivity index (χ0v) is 34.9. The molecule has 0 unspecified atom stereocenters. The maximum Gasteiger partial charge on any atom is 0.311 e. The number of rotatable bonds is 7. The van der Waals surface area contributed by atoms with Crippen LogP contribution in [-0.4, -0.2) is 135 Å². The van der Waals surface area contributed by atoms with Crippen LogP contribution in [0.2, 0.25) is 0 Å². The standard InChI is InChI=1S/C43H68O14/c1-38(2)26-9-12-43(7)34(23(46)17-21-22-18-40(4,37(52)53-8)14-13-39(22,3)15-16-42(21,43)6)41(26,5)11-10-27(38)56-36-33(31(50)29(48)25(20-45)55-36)57-35-32(51)30(49)28(47)24(19-44)54-35/h17,22,24-36,44-45,47-51H,9-16,18-20H2,1-8H3/t22-,24-,25-,26-,27+,28-,29-,30+,31+,32-,33-,34-,35-,36+,39+,40-,41-,42+,43+/m0/s1. The average molecular weight is 809 g/mol. The molecule has 0 bridgehead atoms. The predicted octanol–water partition coefficient (Wildman–Crippen LogP) is 2.15. The summed E-state index contributed by atoms with van der Waals surface area (Å²) in [6, 6.07) is 0. The van der Waals surface area contributed by atoms with Gasteiger partial charge in [-0.3, -0.25) is 9.59 Å². The molecule has 6 fully saturated rings. The number of hydrogen-bond donors (Lipinski definition) is 7. The molecular weight excluding hydrogens is 740 g/mol. The van der Waals surface area contributed by atoms with Gasteiger partial charge in [-0.05, 0) is 110 Å². The second kappa shape index (κ2) is 14.8. The van der Waals surface area contributed by atoms with Crippen LogP contribution >= 0.6 is 0 Å². The second-order valence-corrected chi connectivity index (χ2v) is 20.7. The summed E-state index contributed by atoms with van der Waals surface area (Å²) < 4.78 is 29.6. The number of carbonyl (C=O) groups is 2. The van der Waals surface area contributed by atoms with Crippen molar-refractivity contribution in [1.29, 1.82) is 0 Å². The lowest BCUT2D eigenvalue weighted by molar-refractivity contribution is -0.378. The van der Waals surface area contributed by atoms with Crippen LogP contribution in [0.3, 0.4) is 0 Å². The van der Waals surface area contributed by atoms with Gasteiger partial charge in [-0.15, -0.1) is 0 Å². The zero-order valence-electron chi connectivity index (χ0n) is 34.9. The van der Waals surface area contributed by atoms with Crippen molar-refractivity contribution in [3.05, 3.63) is 11.6 Å². The highest BCUT2D eigenvalue weighted by atomic mass is 16.8. The maximum absolute atomic E-state index is 14.9. The van der Waals surface area contributed by atoms with Gasteiger partial charge in [0.25, 0.3) is 0 Å². The molecule has 7 aliphatic rings. The summed E-state index contributed by atoms with van der Waals surface area (Å²) in [6.45, 7) is 14.3. The lowest BCUT2D eigenvalue weighted by Gasteiger charge is -2.70. The topological polar surface area (TPSA) is 222 Å². The first-order chi connectivity index (χ1) is 26.6. The van der Waals surface area contributed by atoms with Gasteiger partial charge in [0.15, 0.2) is 18.4 Å². The number of allylic oxidation sites excluding steroid dienone is 2. The van der Waals surface area contributed by atoms with Crippen LogP contribution in [0.25, 0.3) is 0 Å². The van der Waals surface area contributed by atoms with E-state index in [4.69, 9.17) is 23.7 Å². The first-order valence-electron chi connectivity index (χ1n) is 21.1. The summed E-state index contributed by atoms with van der Waals surface area (Å²) in [5.74, 6) is -0.129. The Labute approximate surface area is 336 Å². The number of hydrogen-bond acceptors (Lipinski definition) is 14. The molecule has 14 heteroatoms. The number of aliphatic hydroxyl groups excluding tert-OH is 7. The van der Waals surface area contributed by atoms with Crippen LogP contribution in [0.1, 0.15) is 106 Å². The van der Waals surface area contributed by atoms with Crippen molar-refractivity contribution < 1.29 is 69.0 Å². The van der Waals surface area contributed by atoms with Crippen LogP contribution in [-0.2, 0) is 33.3 Å². The van der Waals surface area contributed by atoms with E-state index in [1.807, 2.05) is 13.0 Å². The second-order valence-electron chi connectivity index (χ2n) is 20.7. The molecule has 324 valence electrons. The van der Waals surface area contributed by atoms with Crippen molar-refractivity contribution in [1.82, 2.24) is 0 Å². The fourth-order valence-corrected chi connectivity index (χ4v) is 13.6. The zero-order chi connectivity index (χ0) is 41.8.